The fourth-order valence-corrected chi connectivity index (χ4v) is 2.22. The Hall–Kier alpha value is -1.75. The molecule has 1 aliphatic heterocycles. The summed E-state index contributed by atoms with van der Waals surface area (Å²) >= 11 is 0. The highest BCUT2D eigenvalue weighted by molar-refractivity contribution is 5.78. The highest BCUT2D eigenvalue weighted by atomic mass is 16.5. The fourth-order valence-electron chi connectivity index (χ4n) is 2.22. The highest BCUT2D eigenvalue weighted by Crippen LogP contribution is 2.27. The van der Waals surface area contributed by atoms with Crippen molar-refractivity contribution in [1.29, 1.82) is 0 Å². The van der Waals surface area contributed by atoms with Gasteiger partial charge in [-0.1, -0.05) is 6.07 Å². The minimum atomic E-state index is -0.0253. The van der Waals surface area contributed by atoms with E-state index in [1.165, 1.54) is 0 Å². The van der Waals surface area contributed by atoms with Gasteiger partial charge in [0.25, 0.3) is 5.91 Å². The molecular formula is C14H20N2O3. The molecule has 5 nitrogen and oxygen atoms in total. The first-order chi connectivity index (χ1) is 9.08. The average molecular weight is 264 g/mol. The van der Waals surface area contributed by atoms with Gasteiger partial charge in [0.05, 0.1) is 18.9 Å². The third-order valence-corrected chi connectivity index (χ3v) is 3.15. The van der Waals surface area contributed by atoms with Crippen molar-refractivity contribution in [2.45, 2.75) is 13.8 Å². The summed E-state index contributed by atoms with van der Waals surface area (Å²) in [6, 6.07) is 3.84. The van der Waals surface area contributed by atoms with Crippen LogP contribution in [0.1, 0.15) is 11.1 Å². The molecule has 0 unspecified atom stereocenters. The van der Waals surface area contributed by atoms with Crippen LogP contribution in [0, 0.1) is 13.8 Å². The van der Waals surface area contributed by atoms with Gasteiger partial charge in [-0.2, -0.15) is 0 Å². The Bertz CT molecular complexity index is 445. The van der Waals surface area contributed by atoms with Crippen LogP contribution in [-0.2, 0) is 9.53 Å². The molecule has 0 spiro atoms. The number of aryl methyl sites for hydroxylation is 2. The molecule has 0 saturated carbocycles. The minimum absolute atomic E-state index is 0.0219. The van der Waals surface area contributed by atoms with Crippen LogP contribution >= 0.6 is 0 Å². The van der Waals surface area contributed by atoms with Crippen LogP contribution in [0.5, 0.6) is 5.75 Å². The largest absolute Gasteiger partial charge is 0.481 e. The Kier molecular flexibility index (Phi) is 4.27. The highest BCUT2D eigenvalue weighted by Gasteiger charge is 2.18. The molecule has 104 valence electrons. The van der Waals surface area contributed by atoms with Gasteiger partial charge in [-0.25, -0.2) is 0 Å². The first-order valence-electron chi connectivity index (χ1n) is 6.43. The summed E-state index contributed by atoms with van der Waals surface area (Å²) in [5, 5.41) is 0. The monoisotopic (exact) mass is 264 g/mol. The number of carbonyl (C=O) groups is 1. The third kappa shape index (κ3) is 3.38. The van der Waals surface area contributed by atoms with Crippen LogP contribution in [0.25, 0.3) is 0 Å². The maximum Gasteiger partial charge on any atom is 0.260 e. The smallest absolute Gasteiger partial charge is 0.260 e. The summed E-state index contributed by atoms with van der Waals surface area (Å²) in [6.45, 7) is 6.38. The number of anilines is 1. The van der Waals surface area contributed by atoms with E-state index < -0.39 is 0 Å². The van der Waals surface area contributed by atoms with E-state index in [1.54, 1.807) is 4.90 Å². The second kappa shape index (κ2) is 5.93. The maximum atomic E-state index is 12.0. The second-order valence-electron chi connectivity index (χ2n) is 4.78. The number of benzene rings is 1. The lowest BCUT2D eigenvalue weighted by Gasteiger charge is -2.27. The number of hydrogen-bond donors (Lipinski definition) is 1. The zero-order valence-electron chi connectivity index (χ0n) is 11.4. The van der Waals surface area contributed by atoms with E-state index in [0.29, 0.717) is 37.7 Å². The zero-order valence-corrected chi connectivity index (χ0v) is 11.4. The third-order valence-electron chi connectivity index (χ3n) is 3.15. The topological polar surface area (TPSA) is 64.8 Å². The quantitative estimate of drug-likeness (QED) is 0.831. The summed E-state index contributed by atoms with van der Waals surface area (Å²) in [6.07, 6.45) is 0. The molecule has 1 fully saturated rings. The minimum Gasteiger partial charge on any atom is -0.481 e. The summed E-state index contributed by atoms with van der Waals surface area (Å²) < 4.78 is 10.8. The molecular weight excluding hydrogens is 244 g/mol. The normalized spacial score (nSPS) is 15.4. The number of amides is 1. The molecule has 0 atom stereocenters. The van der Waals surface area contributed by atoms with Crippen molar-refractivity contribution >= 4 is 11.6 Å². The summed E-state index contributed by atoms with van der Waals surface area (Å²) in [7, 11) is 0. The summed E-state index contributed by atoms with van der Waals surface area (Å²) in [4.78, 5) is 13.7. The van der Waals surface area contributed by atoms with Crippen molar-refractivity contribution in [1.82, 2.24) is 4.90 Å². The lowest BCUT2D eigenvalue weighted by atomic mass is 10.1. The van der Waals surface area contributed by atoms with Crippen molar-refractivity contribution in [3.8, 4) is 5.75 Å². The molecule has 1 aliphatic rings. The Morgan fingerprint density at radius 3 is 2.68 bits per heavy atom. The number of morpholine rings is 1. The van der Waals surface area contributed by atoms with Gasteiger partial charge >= 0.3 is 0 Å². The van der Waals surface area contributed by atoms with Crippen molar-refractivity contribution in [3.05, 3.63) is 23.3 Å². The van der Waals surface area contributed by atoms with E-state index in [1.807, 2.05) is 26.0 Å². The fraction of sp³-hybridized carbons (Fsp3) is 0.500. The predicted octanol–water partition coefficient (Wildman–Crippen LogP) is 1.12. The van der Waals surface area contributed by atoms with Crippen LogP contribution in [0.3, 0.4) is 0 Å². The molecule has 0 aromatic heterocycles. The van der Waals surface area contributed by atoms with Gasteiger partial charge in [-0.15, -0.1) is 0 Å². The Morgan fingerprint density at radius 1 is 1.37 bits per heavy atom. The summed E-state index contributed by atoms with van der Waals surface area (Å²) in [5.41, 5.74) is 8.53. The Balaban J connectivity index is 1.96. The molecule has 1 amide bonds. The van der Waals surface area contributed by atoms with Crippen LogP contribution in [-0.4, -0.2) is 43.7 Å². The van der Waals surface area contributed by atoms with E-state index in [9.17, 15) is 4.79 Å². The van der Waals surface area contributed by atoms with Crippen LogP contribution in [0.2, 0.25) is 0 Å². The predicted molar refractivity (Wildman–Crippen MR) is 73.2 cm³/mol. The van der Waals surface area contributed by atoms with Crippen LogP contribution in [0.4, 0.5) is 5.69 Å². The van der Waals surface area contributed by atoms with E-state index in [2.05, 4.69) is 0 Å². The SMILES string of the molecule is Cc1cc(C)c(OCC(=O)N2CCOCC2)c(N)c1. The van der Waals surface area contributed by atoms with Gasteiger partial charge in [0, 0.05) is 13.1 Å². The lowest BCUT2D eigenvalue weighted by molar-refractivity contribution is -0.137. The molecule has 0 radical (unpaired) electrons. The summed E-state index contributed by atoms with van der Waals surface area (Å²) in [5.74, 6) is 0.579. The van der Waals surface area contributed by atoms with E-state index >= 15 is 0 Å². The Labute approximate surface area is 113 Å². The van der Waals surface area contributed by atoms with Gasteiger partial charge in [0.2, 0.25) is 0 Å². The molecule has 1 saturated heterocycles. The van der Waals surface area contributed by atoms with E-state index in [4.69, 9.17) is 15.2 Å². The molecule has 1 aromatic rings. The van der Waals surface area contributed by atoms with Gasteiger partial charge < -0.3 is 20.1 Å². The standard InChI is InChI=1S/C14H20N2O3/c1-10-7-11(2)14(12(15)8-10)19-9-13(17)16-3-5-18-6-4-16/h7-8H,3-6,9,15H2,1-2H3. The van der Waals surface area contributed by atoms with E-state index in [-0.39, 0.29) is 12.5 Å². The van der Waals surface area contributed by atoms with E-state index in [0.717, 1.165) is 11.1 Å². The molecule has 0 aliphatic carbocycles. The molecule has 0 bridgehead atoms. The second-order valence-corrected chi connectivity index (χ2v) is 4.78. The number of nitrogens with zero attached hydrogens (tertiary/aromatic N) is 1. The molecule has 2 N–H and O–H groups in total. The number of nitrogen functional groups attached to an aromatic ring is 1. The van der Waals surface area contributed by atoms with Crippen molar-refractivity contribution in [2.24, 2.45) is 0 Å². The molecule has 2 rings (SSSR count). The van der Waals surface area contributed by atoms with Crippen molar-refractivity contribution in [3.63, 3.8) is 0 Å². The number of hydrogen-bond acceptors (Lipinski definition) is 4. The maximum absolute atomic E-state index is 12.0. The molecule has 1 heterocycles. The molecule has 19 heavy (non-hydrogen) atoms. The van der Waals surface area contributed by atoms with Gasteiger partial charge in [0.15, 0.2) is 6.61 Å². The molecule has 1 aromatic carbocycles. The van der Waals surface area contributed by atoms with Gasteiger partial charge in [-0.05, 0) is 31.0 Å². The Morgan fingerprint density at radius 2 is 2.05 bits per heavy atom. The van der Waals surface area contributed by atoms with Crippen molar-refractivity contribution < 1.29 is 14.3 Å². The number of carbonyl (C=O) groups excluding carboxylic acids is 1. The zero-order chi connectivity index (χ0) is 13.8. The van der Waals surface area contributed by atoms with Crippen LogP contribution in [0.15, 0.2) is 12.1 Å². The number of nitrogens with two attached hydrogens (primary N) is 1. The molecule has 5 heteroatoms. The number of ether oxygens (including phenoxy) is 2. The van der Waals surface area contributed by atoms with Gasteiger partial charge in [0.1, 0.15) is 5.75 Å². The van der Waals surface area contributed by atoms with Gasteiger partial charge in [-0.3, -0.25) is 4.79 Å². The lowest BCUT2D eigenvalue weighted by Crippen LogP contribution is -2.43. The van der Waals surface area contributed by atoms with Crippen LogP contribution < -0.4 is 10.5 Å². The van der Waals surface area contributed by atoms with Crippen molar-refractivity contribution in [2.75, 3.05) is 38.6 Å². The first-order valence-corrected chi connectivity index (χ1v) is 6.43. The average Bonchev–Trinajstić information content (AvgIpc) is 2.38. The number of rotatable bonds is 3. The first kappa shape index (κ1) is 13.7.